The Morgan fingerprint density at radius 3 is 2.60 bits per heavy atom. The van der Waals surface area contributed by atoms with E-state index in [9.17, 15) is 27.2 Å². The highest BCUT2D eigenvalue weighted by molar-refractivity contribution is 5.82. The van der Waals surface area contributed by atoms with Crippen LogP contribution in [-0.4, -0.2) is 46.2 Å². The van der Waals surface area contributed by atoms with Crippen molar-refractivity contribution in [3.05, 3.63) is 29.3 Å². The van der Waals surface area contributed by atoms with Crippen molar-refractivity contribution in [2.75, 3.05) is 6.54 Å². The molecule has 0 spiro atoms. The van der Waals surface area contributed by atoms with E-state index in [1.165, 1.54) is 0 Å². The fourth-order valence-electron chi connectivity index (χ4n) is 3.01. The van der Waals surface area contributed by atoms with Gasteiger partial charge in [-0.3, -0.25) is 4.79 Å². The average Bonchev–Trinajstić information content (AvgIpc) is 3.06. The summed E-state index contributed by atoms with van der Waals surface area (Å²) in [6, 6.07) is -0.618. The maximum Gasteiger partial charge on any atom is 0.471 e. The second-order valence-electron chi connectivity index (χ2n) is 7.88. The zero-order valence-corrected chi connectivity index (χ0v) is 17.1. The molecule has 0 bridgehead atoms. The van der Waals surface area contributed by atoms with Crippen molar-refractivity contribution >= 4 is 12.0 Å². The van der Waals surface area contributed by atoms with Crippen LogP contribution in [-0.2, 0) is 9.53 Å². The van der Waals surface area contributed by atoms with Crippen molar-refractivity contribution in [1.82, 2.24) is 15.2 Å². The van der Waals surface area contributed by atoms with Gasteiger partial charge in [0.1, 0.15) is 17.1 Å². The first-order chi connectivity index (χ1) is 13.8. The maximum absolute atomic E-state index is 13.8. The smallest absolute Gasteiger partial charge is 0.444 e. The van der Waals surface area contributed by atoms with E-state index < -0.39 is 41.7 Å². The number of halogens is 4. The lowest BCUT2D eigenvalue weighted by atomic mass is 10.0. The number of likely N-dealkylation sites (tertiary alicyclic amines) is 1. The number of alkyl carbamates (subject to hydrolysis) is 1. The monoisotopic (exact) mass is 429 g/mol. The molecule has 2 rings (SSSR count). The van der Waals surface area contributed by atoms with Crippen molar-refractivity contribution in [1.29, 1.82) is 0 Å². The molecule has 1 aliphatic heterocycles. The van der Waals surface area contributed by atoms with Crippen LogP contribution in [0.5, 0.6) is 0 Å². The molecule has 1 fully saturated rings. The molecule has 2 heterocycles. The highest BCUT2D eigenvalue weighted by Gasteiger charge is 2.46. The molecule has 0 unspecified atom stereocenters. The molecule has 1 aromatic rings. The minimum absolute atomic E-state index is 0.0427. The molecule has 30 heavy (non-hydrogen) atoms. The molecule has 2 atom stereocenters. The van der Waals surface area contributed by atoms with Crippen LogP contribution in [0.15, 0.2) is 12.3 Å². The zero-order chi connectivity index (χ0) is 22.7. The van der Waals surface area contributed by atoms with Crippen LogP contribution in [0.4, 0.5) is 22.4 Å². The number of nitrogens with one attached hydrogen (secondary N) is 1. The molecule has 164 valence electrons. The zero-order valence-electron chi connectivity index (χ0n) is 17.1. The summed E-state index contributed by atoms with van der Waals surface area (Å²) in [7, 11) is 0. The fourth-order valence-corrected chi connectivity index (χ4v) is 3.01. The molecule has 0 aliphatic carbocycles. The summed E-state index contributed by atoms with van der Waals surface area (Å²) < 4.78 is 57.6. The maximum atomic E-state index is 13.8. The number of nitrogens with zero attached hydrogens (tertiary/aromatic N) is 2. The van der Waals surface area contributed by atoms with Crippen LogP contribution < -0.4 is 5.32 Å². The number of ether oxygens (including phenoxy) is 1. The van der Waals surface area contributed by atoms with Crippen LogP contribution >= 0.6 is 0 Å². The number of amides is 2. The second-order valence-corrected chi connectivity index (χ2v) is 7.88. The van der Waals surface area contributed by atoms with Gasteiger partial charge in [-0.2, -0.15) is 13.2 Å². The first-order valence-corrected chi connectivity index (χ1v) is 9.32. The summed E-state index contributed by atoms with van der Waals surface area (Å²) in [5.74, 6) is 2.64. The van der Waals surface area contributed by atoms with E-state index in [1.807, 2.05) is 0 Å². The van der Waals surface area contributed by atoms with Gasteiger partial charge < -0.3 is 15.0 Å². The van der Waals surface area contributed by atoms with Crippen LogP contribution in [0.2, 0.25) is 0 Å². The first-order valence-electron chi connectivity index (χ1n) is 9.32. The third-order valence-electron chi connectivity index (χ3n) is 4.14. The van der Waals surface area contributed by atoms with Crippen molar-refractivity contribution in [2.45, 2.75) is 64.4 Å². The minimum atomic E-state index is -5.03. The molecular formula is C20H23F4N3O3. The van der Waals surface area contributed by atoms with Crippen LogP contribution in [0.25, 0.3) is 0 Å². The van der Waals surface area contributed by atoms with E-state index in [2.05, 4.69) is 22.1 Å². The predicted molar refractivity (Wildman–Crippen MR) is 99.6 cm³/mol. The normalized spacial score (nSPS) is 17.7. The lowest BCUT2D eigenvalue weighted by Crippen LogP contribution is -2.40. The van der Waals surface area contributed by atoms with E-state index in [0.29, 0.717) is 11.3 Å². The Morgan fingerprint density at radius 2 is 2.00 bits per heavy atom. The predicted octanol–water partition coefficient (Wildman–Crippen LogP) is 3.71. The Kier molecular flexibility index (Phi) is 6.95. The number of rotatable bonds is 2. The van der Waals surface area contributed by atoms with Crippen molar-refractivity contribution in [3.8, 4) is 11.8 Å². The Balaban J connectivity index is 2.25. The van der Waals surface area contributed by atoms with Gasteiger partial charge in [0, 0.05) is 12.1 Å². The summed E-state index contributed by atoms with van der Waals surface area (Å²) in [4.78, 5) is 28.1. The molecule has 0 aromatic carbocycles. The van der Waals surface area contributed by atoms with Crippen molar-refractivity contribution < 1.29 is 31.9 Å². The number of carbonyl (C=O) groups excluding carboxylic acids is 2. The number of pyridine rings is 1. The van der Waals surface area contributed by atoms with Gasteiger partial charge in [0.25, 0.3) is 0 Å². The molecule has 2 amide bonds. The number of aromatic nitrogens is 1. The quantitative estimate of drug-likeness (QED) is 0.575. The lowest BCUT2D eigenvalue weighted by molar-refractivity contribution is -0.186. The third kappa shape index (κ3) is 6.34. The topological polar surface area (TPSA) is 71.5 Å². The van der Waals surface area contributed by atoms with Crippen molar-refractivity contribution in [2.24, 2.45) is 0 Å². The van der Waals surface area contributed by atoms with Gasteiger partial charge in [-0.15, -0.1) is 0 Å². The van der Waals surface area contributed by atoms with Gasteiger partial charge >= 0.3 is 18.2 Å². The molecule has 0 saturated carbocycles. The molecule has 10 heteroatoms. The van der Waals surface area contributed by atoms with Gasteiger partial charge in [-0.25, -0.2) is 14.2 Å². The van der Waals surface area contributed by atoms with E-state index in [0.717, 1.165) is 12.3 Å². The molecule has 1 aromatic heterocycles. The highest BCUT2D eigenvalue weighted by Crippen LogP contribution is 2.36. The first kappa shape index (κ1) is 23.4. The highest BCUT2D eigenvalue weighted by atomic mass is 19.4. The molecule has 1 aliphatic rings. The van der Waals surface area contributed by atoms with E-state index in [-0.39, 0.29) is 24.2 Å². The SMILES string of the molecule is C[C@H](C#Cc1ncc(F)cc1[C@H]1CCCN1C(=O)C(F)(F)F)NC(=O)OC(C)(C)C. The lowest BCUT2D eigenvalue weighted by Gasteiger charge is -2.26. The number of alkyl halides is 3. The fraction of sp³-hybridized carbons (Fsp3) is 0.550. The Bertz CT molecular complexity index is 869. The summed E-state index contributed by atoms with van der Waals surface area (Å²) in [5.41, 5.74) is -0.553. The van der Waals surface area contributed by atoms with E-state index in [1.54, 1.807) is 27.7 Å². The molecular weight excluding hydrogens is 406 g/mol. The standard InChI is InChI=1S/C20H23F4N3O3/c1-12(26-18(29)30-19(2,3)4)7-8-15-14(10-13(21)11-25-15)16-6-5-9-27(16)17(28)20(22,23)24/h10-12,16H,5-6,9H2,1-4H3,(H,26,29)/t12-,16-/m1/s1. The third-order valence-corrected chi connectivity index (χ3v) is 4.14. The van der Waals surface area contributed by atoms with Gasteiger partial charge in [0.15, 0.2) is 0 Å². The molecule has 6 nitrogen and oxygen atoms in total. The van der Waals surface area contributed by atoms with E-state index >= 15 is 0 Å². The van der Waals surface area contributed by atoms with Gasteiger partial charge in [-0.1, -0.05) is 5.92 Å². The van der Waals surface area contributed by atoms with Crippen molar-refractivity contribution in [3.63, 3.8) is 0 Å². The van der Waals surface area contributed by atoms with E-state index in [4.69, 9.17) is 4.74 Å². The van der Waals surface area contributed by atoms with Gasteiger partial charge in [0.2, 0.25) is 0 Å². The summed E-state index contributed by atoms with van der Waals surface area (Å²) >= 11 is 0. The van der Waals surface area contributed by atoms with Gasteiger partial charge in [-0.05, 0) is 52.5 Å². The summed E-state index contributed by atoms with van der Waals surface area (Å²) in [5, 5.41) is 2.50. The Morgan fingerprint density at radius 1 is 1.33 bits per heavy atom. The van der Waals surface area contributed by atoms with Crippen LogP contribution in [0.3, 0.4) is 0 Å². The number of hydrogen-bond donors (Lipinski definition) is 1. The van der Waals surface area contributed by atoms with Crippen LogP contribution in [0.1, 0.15) is 57.8 Å². The molecule has 0 radical (unpaired) electrons. The van der Waals surface area contributed by atoms with Gasteiger partial charge in [0.05, 0.1) is 18.3 Å². The summed E-state index contributed by atoms with van der Waals surface area (Å²) in [6.07, 6.45) is -4.25. The second kappa shape index (κ2) is 8.90. The number of hydrogen-bond acceptors (Lipinski definition) is 4. The molecule has 1 saturated heterocycles. The Labute approximate surface area is 172 Å². The molecule has 1 N–H and O–H groups in total. The number of carbonyl (C=O) groups is 2. The van der Waals surface area contributed by atoms with Crippen LogP contribution in [0, 0.1) is 17.7 Å². The summed E-state index contributed by atoms with van der Waals surface area (Å²) in [6.45, 7) is 6.59. The average molecular weight is 429 g/mol. The largest absolute Gasteiger partial charge is 0.471 e. The Hall–Kier alpha value is -2.83. The minimum Gasteiger partial charge on any atom is -0.444 e.